The minimum absolute atomic E-state index is 0.245. The number of allylic oxidation sites excluding steroid dienone is 3. The van der Waals surface area contributed by atoms with E-state index in [1.54, 1.807) is 31.3 Å². The van der Waals surface area contributed by atoms with Crippen LogP contribution in [0.3, 0.4) is 0 Å². The van der Waals surface area contributed by atoms with Crippen LogP contribution in [-0.4, -0.2) is 20.7 Å². The van der Waals surface area contributed by atoms with Crippen molar-refractivity contribution in [2.75, 3.05) is 5.73 Å². The second-order valence-electron chi connectivity index (χ2n) is 4.28. The van der Waals surface area contributed by atoms with Crippen LogP contribution in [0.15, 0.2) is 31.0 Å². The monoisotopic (exact) mass is 285 g/mol. The first-order valence-electron chi connectivity index (χ1n) is 5.96. The molecule has 0 aliphatic carbocycles. The highest BCUT2D eigenvalue weighted by Crippen LogP contribution is 2.31. The Balaban J connectivity index is 2.35. The van der Waals surface area contributed by atoms with Crippen molar-refractivity contribution in [2.45, 2.75) is 13.8 Å². The fraction of sp³-hybridized carbons (Fsp3) is 0.143. The molecule has 2 heterocycles. The molecular formula is C14H15N5S. The van der Waals surface area contributed by atoms with E-state index in [9.17, 15) is 0 Å². The third-order valence-electron chi connectivity index (χ3n) is 2.51. The Hall–Kier alpha value is -2.34. The van der Waals surface area contributed by atoms with Crippen molar-refractivity contribution >= 4 is 28.6 Å². The molecule has 0 aromatic carbocycles. The largest absolute Gasteiger partial charge is 0.368 e. The van der Waals surface area contributed by atoms with E-state index >= 15 is 0 Å². The van der Waals surface area contributed by atoms with E-state index in [4.69, 9.17) is 11.1 Å². The lowest BCUT2D eigenvalue weighted by atomic mass is 10.2. The first-order chi connectivity index (χ1) is 9.47. The lowest BCUT2D eigenvalue weighted by molar-refractivity contribution is 1.18. The highest BCUT2D eigenvalue weighted by molar-refractivity contribution is 7.16. The Kier molecular flexibility index (Phi) is 4.05. The summed E-state index contributed by atoms with van der Waals surface area (Å²) in [7, 11) is 0. The Morgan fingerprint density at radius 2 is 2.15 bits per heavy atom. The SMILES string of the molecule is C=C(/C=C\C(C)=N)c1nc(C)c(-c2ccnc(N)n2)s1. The van der Waals surface area contributed by atoms with E-state index in [0.717, 1.165) is 26.8 Å². The summed E-state index contributed by atoms with van der Waals surface area (Å²) in [6.07, 6.45) is 5.11. The summed E-state index contributed by atoms with van der Waals surface area (Å²) in [5.74, 6) is 0.245. The molecule has 0 bridgehead atoms. The second kappa shape index (κ2) is 5.75. The van der Waals surface area contributed by atoms with Crippen LogP contribution in [0.4, 0.5) is 5.95 Å². The molecule has 6 heteroatoms. The highest BCUT2D eigenvalue weighted by atomic mass is 32.1. The van der Waals surface area contributed by atoms with Gasteiger partial charge in [-0.15, -0.1) is 11.3 Å². The smallest absolute Gasteiger partial charge is 0.220 e. The molecule has 0 fully saturated rings. The molecule has 0 unspecified atom stereocenters. The molecule has 20 heavy (non-hydrogen) atoms. The lowest BCUT2D eigenvalue weighted by Gasteiger charge is -1.97. The van der Waals surface area contributed by atoms with Gasteiger partial charge in [-0.3, -0.25) is 0 Å². The van der Waals surface area contributed by atoms with Crippen molar-refractivity contribution in [3.05, 3.63) is 41.7 Å². The Bertz CT molecular complexity index is 699. The van der Waals surface area contributed by atoms with Crippen molar-refractivity contribution in [1.29, 1.82) is 5.41 Å². The predicted molar refractivity (Wildman–Crippen MR) is 83.9 cm³/mol. The zero-order valence-electron chi connectivity index (χ0n) is 11.3. The number of thiazole rings is 1. The van der Waals surface area contributed by atoms with E-state index in [2.05, 4.69) is 21.5 Å². The maximum atomic E-state index is 7.38. The van der Waals surface area contributed by atoms with Crippen LogP contribution in [0.5, 0.6) is 0 Å². The molecule has 0 aliphatic rings. The van der Waals surface area contributed by atoms with E-state index < -0.39 is 0 Å². The summed E-state index contributed by atoms with van der Waals surface area (Å²) in [6.45, 7) is 7.61. The molecule has 0 radical (unpaired) electrons. The van der Waals surface area contributed by atoms with E-state index in [-0.39, 0.29) is 5.95 Å². The summed E-state index contributed by atoms with van der Waals surface area (Å²) in [5.41, 5.74) is 8.50. The number of nitrogens with two attached hydrogens (primary N) is 1. The number of anilines is 1. The molecule has 3 N–H and O–H groups in total. The number of aryl methyl sites for hydroxylation is 1. The molecule has 2 rings (SSSR count). The number of hydrogen-bond acceptors (Lipinski definition) is 6. The van der Waals surface area contributed by atoms with Gasteiger partial charge < -0.3 is 11.1 Å². The first-order valence-corrected chi connectivity index (χ1v) is 6.78. The van der Waals surface area contributed by atoms with Crippen molar-refractivity contribution < 1.29 is 0 Å². The van der Waals surface area contributed by atoms with Gasteiger partial charge in [0.2, 0.25) is 5.95 Å². The number of nitrogen functional groups attached to an aromatic ring is 1. The van der Waals surface area contributed by atoms with Crippen molar-refractivity contribution in [3.63, 3.8) is 0 Å². The van der Waals surface area contributed by atoms with Crippen LogP contribution < -0.4 is 5.73 Å². The second-order valence-corrected chi connectivity index (χ2v) is 5.27. The standard InChI is InChI=1S/C14H15N5S/c1-8(4-5-9(2)15)13-18-10(3)12(20-13)11-6-7-17-14(16)19-11/h4-7,15H,1H2,2-3H3,(H2,16,17,19)/b5-4-,15-9?. The van der Waals surface area contributed by atoms with Gasteiger partial charge in [0.15, 0.2) is 0 Å². The van der Waals surface area contributed by atoms with Crippen LogP contribution in [0, 0.1) is 12.3 Å². The first kappa shape index (κ1) is 14.1. The fourth-order valence-electron chi connectivity index (χ4n) is 1.57. The molecule has 0 saturated carbocycles. The molecule has 0 saturated heterocycles. The summed E-state index contributed by atoms with van der Waals surface area (Å²) < 4.78 is 0. The quantitative estimate of drug-likeness (QED) is 0.667. The molecule has 2 aromatic rings. The minimum atomic E-state index is 0.245. The maximum absolute atomic E-state index is 7.38. The summed E-state index contributed by atoms with van der Waals surface area (Å²) in [5, 5.41) is 8.19. The molecular weight excluding hydrogens is 270 g/mol. The van der Waals surface area contributed by atoms with Crippen LogP contribution in [0.25, 0.3) is 16.1 Å². The van der Waals surface area contributed by atoms with Gasteiger partial charge in [-0.1, -0.05) is 12.7 Å². The molecule has 2 aromatic heterocycles. The Labute approximate surface area is 121 Å². The predicted octanol–water partition coefficient (Wildman–Crippen LogP) is 3.10. The van der Waals surface area contributed by atoms with Crippen molar-refractivity contribution in [1.82, 2.24) is 15.0 Å². The maximum Gasteiger partial charge on any atom is 0.220 e. The molecule has 5 nitrogen and oxygen atoms in total. The van der Waals surface area contributed by atoms with Crippen molar-refractivity contribution in [3.8, 4) is 10.6 Å². The Morgan fingerprint density at radius 3 is 2.80 bits per heavy atom. The fourth-order valence-corrected chi connectivity index (χ4v) is 2.56. The lowest BCUT2D eigenvalue weighted by Crippen LogP contribution is -1.94. The normalized spacial score (nSPS) is 10.9. The van der Waals surface area contributed by atoms with Gasteiger partial charge in [0.05, 0.1) is 16.3 Å². The molecule has 0 aliphatic heterocycles. The average molecular weight is 285 g/mol. The van der Waals surface area contributed by atoms with E-state index in [0.29, 0.717) is 5.71 Å². The van der Waals surface area contributed by atoms with Crippen LogP contribution in [0.2, 0.25) is 0 Å². The molecule has 0 spiro atoms. The van der Waals surface area contributed by atoms with Gasteiger partial charge >= 0.3 is 0 Å². The molecule has 0 amide bonds. The Morgan fingerprint density at radius 1 is 1.40 bits per heavy atom. The molecule has 0 atom stereocenters. The zero-order valence-corrected chi connectivity index (χ0v) is 12.2. The van der Waals surface area contributed by atoms with Gasteiger partial charge in [-0.2, -0.15) is 0 Å². The van der Waals surface area contributed by atoms with Gasteiger partial charge in [0.1, 0.15) is 5.01 Å². The van der Waals surface area contributed by atoms with Gasteiger partial charge in [-0.05, 0) is 26.0 Å². The van der Waals surface area contributed by atoms with E-state index in [1.807, 2.05) is 6.92 Å². The number of aromatic nitrogens is 3. The number of rotatable bonds is 4. The number of nitrogens with zero attached hydrogens (tertiary/aromatic N) is 3. The summed E-state index contributed by atoms with van der Waals surface area (Å²) in [6, 6.07) is 1.81. The van der Waals surface area contributed by atoms with Crippen LogP contribution >= 0.6 is 11.3 Å². The highest BCUT2D eigenvalue weighted by Gasteiger charge is 2.12. The third-order valence-corrected chi connectivity index (χ3v) is 3.77. The summed E-state index contributed by atoms with van der Waals surface area (Å²) >= 11 is 1.50. The van der Waals surface area contributed by atoms with Gasteiger partial charge in [0.25, 0.3) is 0 Å². The third kappa shape index (κ3) is 3.16. The number of hydrogen-bond donors (Lipinski definition) is 2. The van der Waals surface area contributed by atoms with Crippen LogP contribution in [-0.2, 0) is 0 Å². The van der Waals surface area contributed by atoms with Gasteiger partial charge in [0, 0.05) is 17.5 Å². The van der Waals surface area contributed by atoms with Gasteiger partial charge in [-0.25, -0.2) is 15.0 Å². The van der Waals surface area contributed by atoms with Crippen LogP contribution in [0.1, 0.15) is 17.6 Å². The average Bonchev–Trinajstić information content (AvgIpc) is 2.78. The van der Waals surface area contributed by atoms with Crippen molar-refractivity contribution in [2.24, 2.45) is 0 Å². The van der Waals surface area contributed by atoms with E-state index in [1.165, 1.54) is 11.3 Å². The zero-order chi connectivity index (χ0) is 14.7. The minimum Gasteiger partial charge on any atom is -0.368 e. The summed E-state index contributed by atoms with van der Waals surface area (Å²) in [4.78, 5) is 13.5. The topological polar surface area (TPSA) is 88.5 Å². The molecule has 102 valence electrons. The number of nitrogens with one attached hydrogen (secondary N) is 1.